The molecule has 0 amide bonds. The predicted octanol–water partition coefficient (Wildman–Crippen LogP) is 2.68. The van der Waals surface area contributed by atoms with E-state index in [0.29, 0.717) is 34.9 Å². The Hall–Kier alpha value is -4.19. The molecule has 1 aliphatic rings. The zero-order valence-corrected chi connectivity index (χ0v) is 18.7. The Morgan fingerprint density at radius 1 is 1.27 bits per heavy atom. The van der Waals surface area contributed by atoms with E-state index in [1.165, 1.54) is 14.2 Å². The maximum Gasteiger partial charge on any atom is 0.258 e. The average molecular weight is 447 g/mol. The zero-order valence-electron chi connectivity index (χ0n) is 18.7. The van der Waals surface area contributed by atoms with Crippen LogP contribution in [-0.2, 0) is 13.1 Å². The van der Waals surface area contributed by atoms with Crippen molar-refractivity contribution >= 4 is 0 Å². The number of nitrogens with zero attached hydrogens (tertiary/aromatic N) is 4. The van der Waals surface area contributed by atoms with Crippen molar-refractivity contribution in [3.63, 3.8) is 0 Å². The topological polar surface area (TPSA) is 117 Å². The van der Waals surface area contributed by atoms with Gasteiger partial charge >= 0.3 is 0 Å². The van der Waals surface area contributed by atoms with Gasteiger partial charge in [-0.2, -0.15) is 5.26 Å². The predicted molar refractivity (Wildman–Crippen MR) is 121 cm³/mol. The minimum absolute atomic E-state index is 0.0310. The van der Waals surface area contributed by atoms with E-state index < -0.39 is 5.92 Å². The molecule has 0 bridgehead atoms. The van der Waals surface area contributed by atoms with Gasteiger partial charge in [-0.25, -0.2) is 4.98 Å². The first-order chi connectivity index (χ1) is 16.0. The van der Waals surface area contributed by atoms with Gasteiger partial charge in [0.05, 0.1) is 32.0 Å². The molecule has 0 spiro atoms. The maximum atomic E-state index is 13.8. The van der Waals surface area contributed by atoms with Crippen molar-refractivity contribution in [3.05, 3.63) is 81.6 Å². The molecule has 1 aliphatic heterocycles. The molecule has 0 saturated carbocycles. The van der Waals surface area contributed by atoms with Crippen molar-refractivity contribution in [2.45, 2.75) is 32.4 Å². The number of benzene rings is 1. The monoisotopic (exact) mass is 447 g/mol. The quantitative estimate of drug-likeness (QED) is 0.592. The minimum Gasteiger partial charge on any atom is -0.493 e. The van der Waals surface area contributed by atoms with Crippen LogP contribution in [0.3, 0.4) is 0 Å². The second kappa shape index (κ2) is 9.12. The van der Waals surface area contributed by atoms with Crippen LogP contribution in [0, 0.1) is 18.3 Å². The molecule has 0 fully saturated rings. The third-order valence-electron chi connectivity index (χ3n) is 5.79. The Morgan fingerprint density at radius 2 is 2.09 bits per heavy atom. The number of para-hydroxylation sites is 1. The molecular weight excluding hydrogens is 422 g/mol. The van der Waals surface area contributed by atoms with Gasteiger partial charge in [0.2, 0.25) is 5.88 Å². The summed E-state index contributed by atoms with van der Waals surface area (Å²) in [4.78, 5) is 17.8. The molecule has 3 aromatic rings. The molecule has 4 rings (SSSR count). The molecule has 1 unspecified atom stereocenters. The number of imidazole rings is 1. The Morgan fingerprint density at radius 3 is 2.76 bits per heavy atom. The Balaban J connectivity index is 1.84. The number of aromatic nitrogens is 3. The van der Waals surface area contributed by atoms with Gasteiger partial charge in [-0.1, -0.05) is 12.1 Å². The summed E-state index contributed by atoms with van der Waals surface area (Å²) in [6.07, 6.45) is 6.08. The standard InChI is InChI=1S/C24H25N5O4/c1-15-12-19-21(24(30)29(15)10-5-9-28-11-8-27-14-28)20(17(13-25)23(26)33-19)16-6-4-7-18(31-2)22(16)32-3/h4,6-8,11-12,14,20H,5,9-10,26H2,1-3H3. The third kappa shape index (κ3) is 3.91. The molecule has 33 heavy (non-hydrogen) atoms. The number of methoxy groups -OCH3 is 2. The van der Waals surface area contributed by atoms with E-state index in [2.05, 4.69) is 11.1 Å². The molecule has 1 atom stereocenters. The van der Waals surface area contributed by atoms with Crippen LogP contribution in [0.15, 0.2) is 59.2 Å². The largest absolute Gasteiger partial charge is 0.493 e. The van der Waals surface area contributed by atoms with Crippen LogP contribution in [0.1, 0.15) is 29.2 Å². The fourth-order valence-electron chi connectivity index (χ4n) is 4.24. The van der Waals surface area contributed by atoms with Gasteiger partial charge in [0.15, 0.2) is 11.5 Å². The first-order valence-electron chi connectivity index (χ1n) is 10.5. The number of aryl methyl sites for hydroxylation is 2. The number of rotatable bonds is 7. The van der Waals surface area contributed by atoms with E-state index in [4.69, 9.17) is 19.9 Å². The van der Waals surface area contributed by atoms with Crippen molar-refractivity contribution in [2.75, 3.05) is 14.2 Å². The molecule has 9 heteroatoms. The number of nitriles is 1. The highest BCUT2D eigenvalue weighted by Gasteiger charge is 2.36. The summed E-state index contributed by atoms with van der Waals surface area (Å²) >= 11 is 0. The van der Waals surface area contributed by atoms with Crippen LogP contribution in [0.25, 0.3) is 0 Å². The number of fused-ring (bicyclic) bond motifs is 1. The van der Waals surface area contributed by atoms with Crippen LogP contribution >= 0.6 is 0 Å². The summed E-state index contributed by atoms with van der Waals surface area (Å²) in [5.41, 5.74) is 7.73. The van der Waals surface area contributed by atoms with E-state index in [-0.39, 0.29) is 17.0 Å². The third-order valence-corrected chi connectivity index (χ3v) is 5.79. The van der Waals surface area contributed by atoms with Crippen molar-refractivity contribution < 1.29 is 14.2 Å². The Labute approximate surface area is 191 Å². The molecule has 0 radical (unpaired) electrons. The number of hydrogen-bond acceptors (Lipinski definition) is 7. The Bertz CT molecular complexity index is 1300. The van der Waals surface area contributed by atoms with E-state index in [1.54, 1.807) is 41.4 Å². The lowest BCUT2D eigenvalue weighted by atomic mass is 9.83. The van der Waals surface area contributed by atoms with Crippen LogP contribution in [0.2, 0.25) is 0 Å². The minimum atomic E-state index is -0.753. The normalized spacial score (nSPS) is 14.9. The molecule has 9 nitrogen and oxygen atoms in total. The van der Waals surface area contributed by atoms with E-state index >= 15 is 0 Å². The average Bonchev–Trinajstić information content (AvgIpc) is 3.33. The molecule has 0 aliphatic carbocycles. The van der Waals surface area contributed by atoms with Gasteiger partial charge in [-0.05, 0) is 19.4 Å². The van der Waals surface area contributed by atoms with Crippen molar-refractivity contribution in [3.8, 4) is 23.3 Å². The van der Waals surface area contributed by atoms with Crippen molar-refractivity contribution in [2.24, 2.45) is 5.73 Å². The summed E-state index contributed by atoms with van der Waals surface area (Å²) in [6.45, 7) is 3.07. The summed E-state index contributed by atoms with van der Waals surface area (Å²) in [5.74, 6) is 0.486. The number of ether oxygens (including phenoxy) is 3. The molecule has 170 valence electrons. The maximum absolute atomic E-state index is 13.8. The van der Waals surface area contributed by atoms with Gasteiger partial charge in [0.25, 0.3) is 5.56 Å². The molecular formula is C24H25N5O4. The summed E-state index contributed by atoms with van der Waals surface area (Å²) in [7, 11) is 3.05. The highest BCUT2D eigenvalue weighted by Crippen LogP contribution is 2.46. The van der Waals surface area contributed by atoms with E-state index in [9.17, 15) is 10.1 Å². The van der Waals surface area contributed by atoms with E-state index in [1.807, 2.05) is 17.7 Å². The van der Waals surface area contributed by atoms with Crippen LogP contribution < -0.4 is 25.5 Å². The molecule has 2 N–H and O–H groups in total. The number of nitrogens with two attached hydrogens (primary N) is 1. The van der Waals surface area contributed by atoms with Crippen LogP contribution in [-0.4, -0.2) is 28.3 Å². The molecule has 3 heterocycles. The lowest BCUT2D eigenvalue weighted by molar-refractivity contribution is 0.348. The summed E-state index contributed by atoms with van der Waals surface area (Å²) in [6, 6.07) is 9.26. The fourth-order valence-corrected chi connectivity index (χ4v) is 4.24. The summed E-state index contributed by atoms with van der Waals surface area (Å²) in [5, 5.41) is 9.91. The van der Waals surface area contributed by atoms with Crippen LogP contribution in [0.4, 0.5) is 0 Å². The zero-order chi connectivity index (χ0) is 23.5. The van der Waals surface area contributed by atoms with Gasteiger partial charge in [-0.15, -0.1) is 0 Å². The summed E-state index contributed by atoms with van der Waals surface area (Å²) < 4.78 is 20.4. The van der Waals surface area contributed by atoms with Crippen LogP contribution in [0.5, 0.6) is 17.2 Å². The first kappa shape index (κ1) is 22.0. The Kier molecular flexibility index (Phi) is 6.09. The smallest absolute Gasteiger partial charge is 0.258 e. The van der Waals surface area contributed by atoms with Gasteiger partial charge in [0.1, 0.15) is 17.4 Å². The highest BCUT2D eigenvalue weighted by molar-refractivity contribution is 5.60. The lowest BCUT2D eigenvalue weighted by Gasteiger charge is -2.28. The second-order valence-corrected chi connectivity index (χ2v) is 7.68. The van der Waals surface area contributed by atoms with Gasteiger partial charge in [0, 0.05) is 42.8 Å². The fraction of sp³-hybridized carbons (Fsp3) is 0.292. The SMILES string of the molecule is COc1cccc(C2C(C#N)=C(N)Oc3cc(C)n(CCCn4ccnc4)c(=O)c32)c1OC. The molecule has 0 saturated heterocycles. The molecule has 1 aromatic carbocycles. The number of pyridine rings is 1. The van der Waals surface area contributed by atoms with Crippen molar-refractivity contribution in [1.29, 1.82) is 5.26 Å². The van der Waals surface area contributed by atoms with Gasteiger partial charge in [-0.3, -0.25) is 4.79 Å². The van der Waals surface area contributed by atoms with E-state index in [0.717, 1.165) is 18.7 Å². The van der Waals surface area contributed by atoms with Crippen molar-refractivity contribution in [1.82, 2.24) is 14.1 Å². The second-order valence-electron chi connectivity index (χ2n) is 7.68. The highest BCUT2D eigenvalue weighted by atomic mass is 16.5. The molecule has 2 aromatic heterocycles. The lowest BCUT2D eigenvalue weighted by Crippen LogP contribution is -2.33. The number of hydrogen-bond donors (Lipinski definition) is 1. The van der Waals surface area contributed by atoms with Gasteiger partial charge < -0.3 is 29.1 Å². The number of allylic oxidation sites excluding steroid dienone is 1. The first-order valence-corrected chi connectivity index (χ1v) is 10.5.